The Morgan fingerprint density at radius 2 is 1.94 bits per heavy atom. The highest BCUT2D eigenvalue weighted by Gasteiger charge is 2.80. The number of fused-ring (bicyclic) bond motifs is 3. The van der Waals surface area contributed by atoms with Gasteiger partial charge in [-0.2, -0.15) is 13.2 Å². The van der Waals surface area contributed by atoms with Gasteiger partial charge >= 0.3 is 12.2 Å². The third-order valence-corrected chi connectivity index (χ3v) is 12.2. The SMILES string of the molecule is CO[C@H]1/C=C/CCC[S@@](=O)(NC(=O)NC(C)(C)C(F)(F)F)=NC(=O)c2ccc3c(c2)N(Cc2ccc(Cl)cc2CCCCO3)C[C@@]23CC2[C@@H]13. The van der Waals surface area contributed by atoms with Crippen molar-refractivity contribution >= 4 is 39.1 Å². The van der Waals surface area contributed by atoms with Gasteiger partial charge in [-0.1, -0.05) is 29.8 Å². The maximum absolute atomic E-state index is 14.0. The molecule has 1 spiro atoms. The number of allylic oxidation sites excluding steroid dienone is 1. The van der Waals surface area contributed by atoms with Gasteiger partial charge in [-0.3, -0.25) is 9.52 Å². The summed E-state index contributed by atoms with van der Waals surface area (Å²) in [4.78, 5) is 28.7. The maximum atomic E-state index is 14.0. The zero-order valence-corrected chi connectivity index (χ0v) is 29.4. The van der Waals surface area contributed by atoms with Crippen LogP contribution in [-0.2, 0) is 27.6 Å². The Morgan fingerprint density at radius 3 is 2.67 bits per heavy atom. The first-order valence-corrected chi connectivity index (χ1v) is 18.7. The molecular formula is C35H42ClF3N4O5S. The van der Waals surface area contributed by atoms with Crippen molar-refractivity contribution < 1.29 is 36.4 Å². The highest BCUT2D eigenvalue weighted by Crippen LogP contribution is 2.81. The summed E-state index contributed by atoms with van der Waals surface area (Å²) in [5.41, 5.74) is 0.485. The van der Waals surface area contributed by atoms with Crippen LogP contribution in [0.1, 0.15) is 67.4 Å². The molecule has 266 valence electrons. The number of hydrogen-bond donors (Lipinski definition) is 2. The molecule has 49 heavy (non-hydrogen) atoms. The largest absolute Gasteiger partial charge is 0.491 e. The van der Waals surface area contributed by atoms with Crippen LogP contribution in [0.5, 0.6) is 5.75 Å². The number of urea groups is 1. The second-order valence-electron chi connectivity index (χ2n) is 14.0. The Hall–Kier alpha value is -3.29. The van der Waals surface area contributed by atoms with E-state index in [1.54, 1.807) is 19.2 Å². The fourth-order valence-corrected chi connectivity index (χ4v) is 8.81. The average molecular weight is 723 g/mol. The topological polar surface area (TPSA) is 109 Å². The van der Waals surface area contributed by atoms with Crippen LogP contribution in [0.25, 0.3) is 0 Å². The van der Waals surface area contributed by atoms with E-state index < -0.39 is 33.6 Å². The number of hydrogen-bond acceptors (Lipinski definition) is 6. The van der Waals surface area contributed by atoms with Gasteiger partial charge in [-0.05, 0) is 111 Å². The molecule has 5 atom stereocenters. The molecule has 4 aliphatic rings. The molecule has 2 bridgehead atoms. The number of ether oxygens (including phenoxy) is 2. The molecule has 2 aromatic carbocycles. The van der Waals surface area contributed by atoms with Crippen molar-refractivity contribution in [1.29, 1.82) is 0 Å². The number of carbonyl (C=O) groups excluding carboxylic acids is 2. The normalized spacial score (nSPS) is 29.4. The highest BCUT2D eigenvalue weighted by molar-refractivity contribution is 7.92. The monoisotopic (exact) mass is 722 g/mol. The molecule has 0 aromatic heterocycles. The summed E-state index contributed by atoms with van der Waals surface area (Å²) in [7, 11) is -2.16. The summed E-state index contributed by atoms with van der Waals surface area (Å²) >= 11 is 6.41. The Bertz CT molecular complexity index is 1780. The number of rotatable bonds is 3. The molecule has 2 N–H and O–H groups in total. The van der Waals surface area contributed by atoms with E-state index in [9.17, 15) is 27.0 Å². The van der Waals surface area contributed by atoms with E-state index in [0.29, 0.717) is 54.4 Å². The Kier molecular flexibility index (Phi) is 9.75. The van der Waals surface area contributed by atoms with E-state index in [-0.39, 0.29) is 29.3 Å². The van der Waals surface area contributed by atoms with Crippen molar-refractivity contribution in [2.75, 3.05) is 30.9 Å². The number of anilines is 1. The molecule has 2 aliphatic heterocycles. The second-order valence-corrected chi connectivity index (χ2v) is 16.5. The van der Waals surface area contributed by atoms with Crippen LogP contribution >= 0.6 is 11.6 Å². The Balaban J connectivity index is 1.41. The van der Waals surface area contributed by atoms with Crippen LogP contribution in [-0.4, -0.2) is 60.0 Å². The van der Waals surface area contributed by atoms with Gasteiger partial charge in [0.1, 0.15) is 21.2 Å². The first-order chi connectivity index (χ1) is 23.1. The fourth-order valence-electron chi connectivity index (χ4n) is 7.10. The minimum absolute atomic E-state index is 0.0479. The lowest BCUT2D eigenvalue weighted by atomic mass is 9.97. The van der Waals surface area contributed by atoms with Gasteiger partial charge < -0.3 is 19.7 Å². The van der Waals surface area contributed by atoms with Crippen molar-refractivity contribution in [3.63, 3.8) is 0 Å². The molecule has 0 radical (unpaired) electrons. The van der Waals surface area contributed by atoms with E-state index in [2.05, 4.69) is 14.0 Å². The molecule has 1 unspecified atom stereocenters. The van der Waals surface area contributed by atoms with E-state index in [4.69, 9.17) is 21.1 Å². The molecule has 6 rings (SSSR count). The predicted molar refractivity (Wildman–Crippen MR) is 182 cm³/mol. The maximum Gasteiger partial charge on any atom is 0.411 e. The number of aryl methyl sites for hydroxylation is 1. The first kappa shape index (κ1) is 35.5. The van der Waals surface area contributed by atoms with Gasteiger partial charge in [0.2, 0.25) is 0 Å². The van der Waals surface area contributed by atoms with Crippen molar-refractivity contribution in [3.05, 3.63) is 70.3 Å². The average Bonchev–Trinajstić information content (AvgIpc) is 3.89. The molecule has 9 nitrogen and oxygen atoms in total. The molecule has 14 heteroatoms. The van der Waals surface area contributed by atoms with Crippen LogP contribution in [0.15, 0.2) is 52.9 Å². The molecule has 2 saturated carbocycles. The minimum atomic E-state index is -4.77. The Morgan fingerprint density at radius 1 is 1.14 bits per heavy atom. The van der Waals surface area contributed by atoms with Crippen LogP contribution in [0.2, 0.25) is 5.02 Å². The molecule has 3 amide bonds. The van der Waals surface area contributed by atoms with Crippen molar-refractivity contribution in [2.45, 2.75) is 76.7 Å². The zero-order valence-electron chi connectivity index (χ0n) is 27.8. The third kappa shape index (κ3) is 7.58. The summed E-state index contributed by atoms with van der Waals surface area (Å²) in [6, 6.07) is 9.50. The molecule has 2 heterocycles. The first-order valence-electron chi connectivity index (χ1n) is 16.6. The smallest absolute Gasteiger partial charge is 0.411 e. The lowest BCUT2D eigenvalue weighted by Crippen LogP contribution is -2.57. The van der Waals surface area contributed by atoms with Crippen LogP contribution < -0.4 is 19.7 Å². The number of halogens is 4. The lowest BCUT2D eigenvalue weighted by molar-refractivity contribution is -0.182. The number of nitrogens with one attached hydrogen (secondary N) is 2. The number of alkyl halides is 3. The van der Waals surface area contributed by atoms with Gasteiger partial charge in [-0.15, -0.1) is 4.36 Å². The van der Waals surface area contributed by atoms with Gasteiger partial charge in [0.25, 0.3) is 5.91 Å². The zero-order chi connectivity index (χ0) is 35.2. The molecule has 2 aromatic rings. The quantitative estimate of drug-likeness (QED) is 0.324. The number of methoxy groups -OCH3 is 1. The van der Waals surface area contributed by atoms with E-state index in [0.717, 1.165) is 50.7 Å². The van der Waals surface area contributed by atoms with Gasteiger partial charge in [0, 0.05) is 30.8 Å². The second kappa shape index (κ2) is 13.4. The van der Waals surface area contributed by atoms with E-state index in [1.807, 2.05) is 35.7 Å². The summed E-state index contributed by atoms with van der Waals surface area (Å²) in [6.07, 6.45) is 3.32. The van der Waals surface area contributed by atoms with Crippen molar-refractivity contribution in [1.82, 2.24) is 10.0 Å². The number of carbonyl (C=O) groups is 2. The van der Waals surface area contributed by atoms with Crippen LogP contribution in [0, 0.1) is 17.3 Å². The van der Waals surface area contributed by atoms with Gasteiger partial charge in [-0.25, -0.2) is 9.00 Å². The summed E-state index contributed by atoms with van der Waals surface area (Å²) in [6.45, 7) is 3.26. The predicted octanol–water partition coefficient (Wildman–Crippen LogP) is 7.23. The van der Waals surface area contributed by atoms with Crippen LogP contribution in [0.4, 0.5) is 23.7 Å². The van der Waals surface area contributed by atoms with Crippen molar-refractivity contribution in [2.24, 2.45) is 21.6 Å². The standard InChI is InChI=1S/C35H42ClF3N4O5S/c1-33(2,35(37,38)39)40-32(45)42-49(46)16-8-4-5-10-29(47-3)30-26-19-34(26,30)21-43-20-24-11-13-25(36)17-22(24)9-6-7-15-48-28-14-12-23(18-27(28)43)31(44)41-49/h5,10-14,17-18,26,29-30H,4,6-9,15-16,19-21H2,1-3H3,(H2,40,41,42,44,45,46)/b10-5+/t26?,29-,30-,34-,49-/m0/s1. The molecule has 2 aliphatic carbocycles. The minimum Gasteiger partial charge on any atom is -0.491 e. The fraction of sp³-hybridized carbons (Fsp3) is 0.543. The van der Waals surface area contributed by atoms with Gasteiger partial charge in [0.15, 0.2) is 0 Å². The highest BCUT2D eigenvalue weighted by atomic mass is 35.5. The summed E-state index contributed by atoms with van der Waals surface area (Å²) in [5, 5.41) is 2.49. The number of nitrogens with zero attached hydrogens (tertiary/aromatic N) is 2. The lowest BCUT2D eigenvalue weighted by Gasteiger charge is -2.31. The number of benzene rings is 2. The summed E-state index contributed by atoms with van der Waals surface area (Å²) < 4.78 is 72.8. The Labute approximate surface area is 290 Å². The molecular weight excluding hydrogens is 681 g/mol. The van der Waals surface area contributed by atoms with Gasteiger partial charge in [0.05, 0.1) is 24.2 Å². The molecule has 0 saturated heterocycles. The summed E-state index contributed by atoms with van der Waals surface area (Å²) in [5.74, 6) is 0.276. The van der Waals surface area contributed by atoms with E-state index >= 15 is 0 Å². The van der Waals surface area contributed by atoms with Crippen LogP contribution in [0.3, 0.4) is 0 Å². The van der Waals surface area contributed by atoms with Crippen molar-refractivity contribution in [3.8, 4) is 5.75 Å². The third-order valence-electron chi connectivity index (χ3n) is 10.2. The van der Waals surface area contributed by atoms with E-state index in [1.165, 1.54) is 6.07 Å². The number of amides is 3. The molecule has 2 fully saturated rings.